The molecule has 0 spiro atoms. The summed E-state index contributed by atoms with van der Waals surface area (Å²) in [6.45, 7) is 4.41. The molecule has 2 rings (SSSR count). The quantitative estimate of drug-likeness (QED) is 0.876. The monoisotopic (exact) mass is 255 g/mol. The van der Waals surface area contributed by atoms with Crippen LogP contribution >= 0.6 is 11.6 Å². The number of hydrogen-bond acceptors (Lipinski definition) is 2. The van der Waals surface area contributed by atoms with E-state index in [0.29, 0.717) is 6.04 Å². The number of nitrogens with one attached hydrogen (secondary N) is 1. The molecule has 0 amide bonds. The molecule has 1 aromatic heterocycles. The van der Waals surface area contributed by atoms with Gasteiger partial charge in [-0.15, -0.1) is 0 Å². The summed E-state index contributed by atoms with van der Waals surface area (Å²) in [6, 6.07) is 0.530. The number of hydrogen-bond donors (Lipinski definition) is 1. The second-order valence-corrected chi connectivity index (χ2v) is 5.54. The van der Waals surface area contributed by atoms with Crippen LogP contribution in [0.15, 0.2) is 0 Å². The van der Waals surface area contributed by atoms with Crippen molar-refractivity contribution < 1.29 is 0 Å². The zero-order valence-corrected chi connectivity index (χ0v) is 11.9. The molecule has 1 aliphatic carbocycles. The van der Waals surface area contributed by atoms with E-state index in [1.54, 1.807) is 0 Å². The van der Waals surface area contributed by atoms with Crippen LogP contribution in [-0.4, -0.2) is 22.9 Å². The zero-order chi connectivity index (χ0) is 12.6. The highest BCUT2D eigenvalue weighted by molar-refractivity contribution is 6.31. The average molecular weight is 256 g/mol. The van der Waals surface area contributed by atoms with Crippen molar-refractivity contribution in [2.75, 3.05) is 7.05 Å². The van der Waals surface area contributed by atoms with E-state index < -0.39 is 0 Å². The van der Waals surface area contributed by atoms with Crippen molar-refractivity contribution in [3.8, 4) is 0 Å². The van der Waals surface area contributed by atoms with E-state index in [0.717, 1.165) is 35.4 Å². The molecule has 96 valence electrons. The fourth-order valence-corrected chi connectivity index (χ4v) is 3.00. The van der Waals surface area contributed by atoms with Crippen LogP contribution < -0.4 is 5.32 Å². The van der Waals surface area contributed by atoms with E-state index in [4.69, 9.17) is 11.6 Å². The molecule has 3 unspecified atom stereocenters. The van der Waals surface area contributed by atoms with E-state index in [-0.39, 0.29) is 0 Å². The second kappa shape index (κ2) is 4.99. The molecular formula is C13H22ClN3. The molecule has 1 aromatic rings. The van der Waals surface area contributed by atoms with Gasteiger partial charge in [-0.3, -0.25) is 4.68 Å². The lowest BCUT2D eigenvalue weighted by Gasteiger charge is -2.16. The molecule has 3 atom stereocenters. The molecule has 0 aliphatic heterocycles. The minimum atomic E-state index is 0.530. The van der Waals surface area contributed by atoms with Gasteiger partial charge in [0, 0.05) is 19.5 Å². The van der Waals surface area contributed by atoms with Crippen molar-refractivity contribution in [1.29, 1.82) is 0 Å². The lowest BCUT2D eigenvalue weighted by atomic mass is 10.0. The fourth-order valence-electron chi connectivity index (χ4n) is 2.63. The maximum atomic E-state index is 6.38. The molecule has 0 aromatic carbocycles. The number of likely N-dealkylation sites (N-methyl/N-ethyl adjacent to an activating group) is 1. The highest BCUT2D eigenvalue weighted by Crippen LogP contribution is 2.41. The third-order valence-corrected chi connectivity index (χ3v) is 4.41. The van der Waals surface area contributed by atoms with Crippen LogP contribution in [0.5, 0.6) is 0 Å². The van der Waals surface area contributed by atoms with Crippen molar-refractivity contribution in [3.63, 3.8) is 0 Å². The number of aromatic nitrogens is 2. The number of rotatable bonds is 5. The van der Waals surface area contributed by atoms with Crippen LogP contribution in [-0.2, 0) is 19.9 Å². The molecule has 0 saturated heterocycles. The first kappa shape index (κ1) is 12.9. The predicted octanol–water partition coefficient (Wildman–Crippen LogP) is 2.42. The third-order valence-electron chi connectivity index (χ3n) is 3.98. The van der Waals surface area contributed by atoms with Gasteiger partial charge in [-0.05, 0) is 31.7 Å². The average Bonchev–Trinajstić information content (AvgIpc) is 2.96. The Kier molecular flexibility index (Phi) is 3.79. The Morgan fingerprint density at radius 3 is 2.65 bits per heavy atom. The summed E-state index contributed by atoms with van der Waals surface area (Å²) in [4.78, 5) is 0. The molecule has 4 heteroatoms. The Balaban J connectivity index is 2.14. The summed E-state index contributed by atoms with van der Waals surface area (Å²) in [5.74, 6) is 1.65. The minimum absolute atomic E-state index is 0.530. The largest absolute Gasteiger partial charge is 0.316 e. The topological polar surface area (TPSA) is 29.9 Å². The molecule has 3 nitrogen and oxygen atoms in total. The van der Waals surface area contributed by atoms with Gasteiger partial charge in [0.1, 0.15) is 0 Å². The number of nitrogens with zero attached hydrogens (tertiary/aromatic N) is 2. The number of aryl methyl sites for hydroxylation is 2. The zero-order valence-electron chi connectivity index (χ0n) is 11.1. The van der Waals surface area contributed by atoms with Crippen molar-refractivity contribution in [2.45, 2.75) is 39.2 Å². The van der Waals surface area contributed by atoms with E-state index >= 15 is 0 Å². The maximum Gasteiger partial charge on any atom is 0.0850 e. The van der Waals surface area contributed by atoms with Gasteiger partial charge < -0.3 is 5.32 Å². The van der Waals surface area contributed by atoms with Crippen LogP contribution in [0.3, 0.4) is 0 Å². The molecule has 0 radical (unpaired) electrons. The Hall–Kier alpha value is -0.540. The highest BCUT2D eigenvalue weighted by Gasteiger charge is 2.39. The lowest BCUT2D eigenvalue weighted by Crippen LogP contribution is -2.31. The Labute approximate surface area is 109 Å². The van der Waals surface area contributed by atoms with Gasteiger partial charge in [0.05, 0.1) is 16.4 Å². The van der Waals surface area contributed by atoms with Gasteiger partial charge in [0.25, 0.3) is 0 Å². The van der Waals surface area contributed by atoms with Crippen LogP contribution in [0.25, 0.3) is 0 Å². The Bertz CT molecular complexity index is 400. The molecular weight excluding hydrogens is 234 g/mol. The molecule has 1 heterocycles. The van der Waals surface area contributed by atoms with E-state index in [9.17, 15) is 0 Å². The molecule has 1 aliphatic rings. The first-order valence-corrected chi connectivity index (χ1v) is 6.83. The van der Waals surface area contributed by atoms with Gasteiger partial charge in [-0.2, -0.15) is 5.10 Å². The van der Waals surface area contributed by atoms with Crippen LogP contribution in [0.1, 0.15) is 31.7 Å². The van der Waals surface area contributed by atoms with E-state index in [2.05, 4.69) is 24.3 Å². The molecule has 1 N–H and O–H groups in total. The van der Waals surface area contributed by atoms with Gasteiger partial charge >= 0.3 is 0 Å². The summed E-state index contributed by atoms with van der Waals surface area (Å²) < 4.78 is 1.94. The summed E-state index contributed by atoms with van der Waals surface area (Å²) in [7, 11) is 4.03. The predicted molar refractivity (Wildman–Crippen MR) is 71.4 cm³/mol. The minimum Gasteiger partial charge on any atom is -0.316 e. The van der Waals surface area contributed by atoms with Gasteiger partial charge in [-0.1, -0.05) is 25.4 Å². The molecule has 17 heavy (non-hydrogen) atoms. The summed E-state index contributed by atoms with van der Waals surface area (Å²) >= 11 is 6.38. The molecule has 1 fully saturated rings. The smallest absolute Gasteiger partial charge is 0.0850 e. The summed E-state index contributed by atoms with van der Waals surface area (Å²) in [5, 5.41) is 8.76. The van der Waals surface area contributed by atoms with E-state index in [1.165, 1.54) is 12.1 Å². The lowest BCUT2D eigenvalue weighted by molar-refractivity contribution is 0.466. The van der Waals surface area contributed by atoms with Crippen molar-refractivity contribution in [1.82, 2.24) is 15.1 Å². The summed E-state index contributed by atoms with van der Waals surface area (Å²) in [6.07, 6.45) is 3.21. The Morgan fingerprint density at radius 1 is 1.59 bits per heavy atom. The second-order valence-electron chi connectivity index (χ2n) is 5.16. The molecule has 1 saturated carbocycles. The number of halogens is 1. The third kappa shape index (κ3) is 2.50. The van der Waals surface area contributed by atoms with Crippen LogP contribution in [0, 0.1) is 11.8 Å². The first-order valence-electron chi connectivity index (χ1n) is 6.46. The van der Waals surface area contributed by atoms with Crippen LogP contribution in [0.2, 0.25) is 5.02 Å². The van der Waals surface area contributed by atoms with Gasteiger partial charge in [-0.25, -0.2) is 0 Å². The van der Waals surface area contributed by atoms with E-state index in [1.807, 2.05) is 18.8 Å². The van der Waals surface area contributed by atoms with Gasteiger partial charge in [0.2, 0.25) is 0 Å². The normalized spacial score (nSPS) is 25.0. The van der Waals surface area contributed by atoms with Crippen molar-refractivity contribution in [2.24, 2.45) is 18.9 Å². The molecule has 0 bridgehead atoms. The van der Waals surface area contributed by atoms with Crippen molar-refractivity contribution in [3.05, 3.63) is 16.4 Å². The highest BCUT2D eigenvalue weighted by atomic mass is 35.5. The first-order chi connectivity index (χ1) is 8.08. The maximum absolute atomic E-state index is 6.38. The standard InChI is InChI=1S/C13H22ClN3/c1-5-10-13(14)12(17(4)16-10)7-11(15-3)9-6-8(9)2/h8-9,11,15H,5-7H2,1-4H3. The van der Waals surface area contributed by atoms with Crippen LogP contribution in [0.4, 0.5) is 0 Å². The fraction of sp³-hybridized carbons (Fsp3) is 0.769. The SMILES string of the molecule is CCc1nn(C)c(CC(NC)C2CC2C)c1Cl. The summed E-state index contributed by atoms with van der Waals surface area (Å²) in [5.41, 5.74) is 2.19. The Morgan fingerprint density at radius 2 is 2.24 bits per heavy atom. The van der Waals surface area contributed by atoms with Crippen molar-refractivity contribution >= 4 is 11.6 Å². The van der Waals surface area contributed by atoms with Gasteiger partial charge in [0.15, 0.2) is 0 Å².